The van der Waals surface area contributed by atoms with E-state index in [0.29, 0.717) is 5.41 Å². The first-order valence-corrected chi connectivity index (χ1v) is 10.4. The Morgan fingerprint density at radius 3 is 2.90 bits per heavy atom. The molecular weight excluding hydrogens is 271 g/mol. The Balaban J connectivity index is 1.59. The second-order valence-corrected chi connectivity index (χ2v) is 9.27. The maximum Gasteiger partial charge on any atom is -0.0172 e. The van der Waals surface area contributed by atoms with Gasteiger partial charge in [-0.15, -0.1) is 9.24 Å². The van der Waals surface area contributed by atoms with Crippen LogP contribution < -0.4 is 0 Å². The lowest BCUT2D eigenvalue weighted by molar-refractivity contribution is -0.0125. The Hall–Kier alpha value is 0.170. The summed E-state index contributed by atoms with van der Waals surface area (Å²) in [6.45, 7) is 2.67. The van der Waals surface area contributed by atoms with Gasteiger partial charge < -0.3 is 0 Å². The number of fused-ring (bicyclic) bond motifs is 5. The molecule has 0 nitrogen and oxygen atoms in total. The van der Waals surface area contributed by atoms with Crippen LogP contribution in [0.3, 0.4) is 0 Å². The van der Waals surface area contributed by atoms with E-state index in [9.17, 15) is 0 Å². The van der Waals surface area contributed by atoms with E-state index in [1.807, 2.05) is 5.57 Å². The Labute approximate surface area is 133 Å². The predicted octanol–water partition coefficient (Wildman–Crippen LogP) is 5.83. The van der Waals surface area contributed by atoms with Crippen molar-refractivity contribution < 1.29 is 0 Å². The first kappa shape index (κ1) is 14.7. The maximum atomic E-state index is 2.97. The molecule has 0 aliphatic heterocycles. The zero-order valence-corrected chi connectivity index (χ0v) is 15.0. The lowest BCUT2D eigenvalue weighted by atomic mass is 9.52. The van der Waals surface area contributed by atoms with E-state index in [4.69, 9.17) is 0 Å². The molecule has 3 fully saturated rings. The van der Waals surface area contributed by atoms with Gasteiger partial charge in [0.15, 0.2) is 0 Å². The van der Waals surface area contributed by atoms with Crippen LogP contribution in [-0.4, -0.2) is 6.16 Å². The van der Waals surface area contributed by atoms with Crippen LogP contribution in [0.5, 0.6) is 0 Å². The standard InChI is InChI=1S/C20H33P/c1-20-12-10-17-16-5-3-2-4-14(16)6-8-18(17)19(20)9-7-15(20)11-13-21/h6,15-19H,2-5,7-13,21H2,1H3. The third-order valence-electron chi connectivity index (χ3n) is 8.08. The Morgan fingerprint density at radius 1 is 1.14 bits per heavy atom. The molecule has 7 atom stereocenters. The smallest absolute Gasteiger partial charge is 0.0172 e. The van der Waals surface area contributed by atoms with Crippen molar-refractivity contribution >= 4 is 9.24 Å². The summed E-state index contributed by atoms with van der Waals surface area (Å²) in [5.74, 6) is 5.20. The van der Waals surface area contributed by atoms with Crippen molar-refractivity contribution in [1.29, 1.82) is 0 Å². The summed E-state index contributed by atoms with van der Waals surface area (Å²) in [4.78, 5) is 0. The molecule has 1 heteroatoms. The SMILES string of the molecule is CC12CCC3C4CCCCC4=CCC3C1CCC2CCP. The average molecular weight is 304 g/mol. The summed E-state index contributed by atoms with van der Waals surface area (Å²) >= 11 is 0. The van der Waals surface area contributed by atoms with Gasteiger partial charge >= 0.3 is 0 Å². The first-order chi connectivity index (χ1) is 10.2. The van der Waals surface area contributed by atoms with Crippen LogP contribution in [0.25, 0.3) is 0 Å². The Morgan fingerprint density at radius 2 is 2.05 bits per heavy atom. The molecule has 0 N–H and O–H groups in total. The lowest BCUT2D eigenvalue weighted by Crippen LogP contribution is -2.45. The highest BCUT2D eigenvalue weighted by atomic mass is 31.0. The molecular formula is C20H33P. The molecule has 3 saturated carbocycles. The number of rotatable bonds is 2. The van der Waals surface area contributed by atoms with Crippen molar-refractivity contribution in [2.45, 2.75) is 71.1 Å². The van der Waals surface area contributed by atoms with Crippen LogP contribution in [-0.2, 0) is 0 Å². The van der Waals surface area contributed by atoms with Crippen molar-refractivity contribution in [2.75, 3.05) is 6.16 Å². The average Bonchev–Trinajstić information content (AvgIpc) is 2.84. The van der Waals surface area contributed by atoms with Gasteiger partial charge in [-0.25, -0.2) is 0 Å². The minimum Gasteiger partial charge on any atom is -0.138 e. The molecule has 0 aromatic heterocycles. The summed E-state index contributed by atoms with van der Waals surface area (Å²) in [7, 11) is 2.97. The summed E-state index contributed by atoms with van der Waals surface area (Å²) in [5, 5.41) is 0. The molecule has 4 aliphatic carbocycles. The molecule has 0 aromatic carbocycles. The Bertz CT molecular complexity index is 426. The van der Waals surface area contributed by atoms with Crippen molar-refractivity contribution in [3.63, 3.8) is 0 Å². The van der Waals surface area contributed by atoms with Crippen molar-refractivity contribution in [1.82, 2.24) is 0 Å². The van der Waals surface area contributed by atoms with Gasteiger partial charge in [0.05, 0.1) is 0 Å². The van der Waals surface area contributed by atoms with E-state index < -0.39 is 0 Å². The summed E-state index contributed by atoms with van der Waals surface area (Å²) < 4.78 is 0. The van der Waals surface area contributed by atoms with E-state index in [2.05, 4.69) is 22.2 Å². The van der Waals surface area contributed by atoms with E-state index in [0.717, 1.165) is 29.6 Å². The number of hydrogen-bond donors (Lipinski definition) is 0. The van der Waals surface area contributed by atoms with Gasteiger partial charge in [-0.2, -0.15) is 0 Å². The van der Waals surface area contributed by atoms with E-state index in [1.165, 1.54) is 57.5 Å². The minimum atomic E-state index is 0.692. The fourth-order valence-corrected chi connectivity index (χ4v) is 7.44. The third-order valence-corrected chi connectivity index (χ3v) is 8.41. The highest BCUT2D eigenvalue weighted by molar-refractivity contribution is 7.16. The molecule has 0 bridgehead atoms. The maximum absolute atomic E-state index is 2.97. The lowest BCUT2D eigenvalue weighted by Gasteiger charge is -2.53. The molecule has 0 amide bonds. The molecule has 0 saturated heterocycles. The zero-order chi connectivity index (χ0) is 14.4. The monoisotopic (exact) mass is 304 g/mol. The van der Waals surface area contributed by atoms with Crippen LogP contribution in [0.15, 0.2) is 11.6 Å². The Kier molecular flexibility index (Phi) is 3.98. The van der Waals surface area contributed by atoms with Gasteiger partial charge in [-0.3, -0.25) is 0 Å². The molecule has 0 heterocycles. The second-order valence-electron chi connectivity index (χ2n) is 8.70. The van der Waals surface area contributed by atoms with Crippen molar-refractivity contribution in [2.24, 2.45) is 35.0 Å². The number of allylic oxidation sites excluding steroid dienone is 2. The molecule has 21 heavy (non-hydrogen) atoms. The van der Waals surface area contributed by atoms with Gasteiger partial charge in [0, 0.05) is 0 Å². The molecule has 118 valence electrons. The summed E-state index contributed by atoms with van der Waals surface area (Å²) in [5.41, 5.74) is 2.57. The first-order valence-electron chi connectivity index (χ1n) is 9.63. The summed E-state index contributed by atoms with van der Waals surface area (Å²) in [6.07, 6.45) is 19.0. The van der Waals surface area contributed by atoms with Crippen molar-refractivity contribution in [3.05, 3.63) is 11.6 Å². The quantitative estimate of drug-likeness (QED) is 0.445. The van der Waals surface area contributed by atoms with Crippen molar-refractivity contribution in [3.8, 4) is 0 Å². The number of hydrogen-bond acceptors (Lipinski definition) is 0. The van der Waals surface area contributed by atoms with Gasteiger partial charge in [-0.1, -0.05) is 25.0 Å². The molecule has 0 radical (unpaired) electrons. The fourth-order valence-electron chi connectivity index (χ4n) is 7.03. The van der Waals surface area contributed by atoms with Crippen LogP contribution in [0.2, 0.25) is 0 Å². The van der Waals surface area contributed by atoms with Crippen LogP contribution in [0.1, 0.15) is 71.1 Å². The minimum absolute atomic E-state index is 0.692. The van der Waals surface area contributed by atoms with Gasteiger partial charge in [0.1, 0.15) is 0 Å². The molecule has 0 spiro atoms. The highest BCUT2D eigenvalue weighted by Gasteiger charge is 2.55. The normalized spacial score (nSPS) is 49.0. The topological polar surface area (TPSA) is 0 Å². The van der Waals surface area contributed by atoms with E-state index in [-0.39, 0.29) is 0 Å². The van der Waals surface area contributed by atoms with E-state index >= 15 is 0 Å². The van der Waals surface area contributed by atoms with Gasteiger partial charge in [0.2, 0.25) is 0 Å². The third kappa shape index (κ3) is 2.27. The fraction of sp³-hybridized carbons (Fsp3) is 0.900. The van der Waals surface area contributed by atoms with Crippen LogP contribution >= 0.6 is 9.24 Å². The molecule has 7 unspecified atom stereocenters. The zero-order valence-electron chi connectivity index (χ0n) is 13.8. The highest BCUT2D eigenvalue weighted by Crippen LogP contribution is 2.63. The van der Waals surface area contributed by atoms with Crippen LogP contribution in [0, 0.1) is 35.0 Å². The second kappa shape index (κ2) is 5.67. The largest absolute Gasteiger partial charge is 0.138 e. The van der Waals surface area contributed by atoms with Crippen LogP contribution in [0.4, 0.5) is 0 Å². The molecule has 4 aliphatic rings. The van der Waals surface area contributed by atoms with Gasteiger partial charge in [0.25, 0.3) is 0 Å². The molecule has 0 aromatic rings. The molecule has 4 rings (SSSR count). The van der Waals surface area contributed by atoms with E-state index in [1.54, 1.807) is 12.8 Å². The summed E-state index contributed by atoms with van der Waals surface area (Å²) in [6, 6.07) is 0. The van der Waals surface area contributed by atoms with Gasteiger partial charge in [-0.05, 0) is 99.0 Å². The predicted molar refractivity (Wildman–Crippen MR) is 94.4 cm³/mol.